The highest BCUT2D eigenvalue weighted by molar-refractivity contribution is 6.98. The number of pyridine rings is 1. The Morgan fingerprint density at radius 1 is 1.27 bits per heavy atom. The Labute approximate surface area is 186 Å². The molecule has 0 N–H and O–H groups in total. The summed E-state index contributed by atoms with van der Waals surface area (Å²) in [5, 5.41) is 10.8. The Morgan fingerprint density at radius 3 is 2.63 bits per heavy atom. The van der Waals surface area contributed by atoms with Crippen molar-refractivity contribution < 1.29 is 9.53 Å². The number of fused-ring (bicyclic) bond motifs is 1. The number of nitrogens with zero attached hydrogens (tertiary/aromatic N) is 2. The summed E-state index contributed by atoms with van der Waals surface area (Å²) in [6.45, 7) is 3.31. The molecular formula is C23H21BCl2N2O2. The van der Waals surface area contributed by atoms with E-state index in [0.29, 0.717) is 15.8 Å². The normalized spacial score (nSPS) is 30.1. The Bertz CT molecular complexity index is 1070. The third-order valence-electron chi connectivity index (χ3n) is 6.82. The number of hydrogen-bond acceptors (Lipinski definition) is 4. The van der Waals surface area contributed by atoms with E-state index in [1.807, 2.05) is 44.2 Å². The molecule has 4 nitrogen and oxygen atoms in total. The number of nitriles is 1. The van der Waals surface area contributed by atoms with E-state index in [0.717, 1.165) is 11.3 Å². The quantitative estimate of drug-likeness (QED) is 0.467. The molecule has 1 fully saturated rings. The van der Waals surface area contributed by atoms with Gasteiger partial charge in [0.25, 0.3) is 0 Å². The SMILES string of the molecule is COc1ccc(C2C=CC3(C)C(=O)B(C#N)C(C)C3C2c2ccc(Cl)cn2)c(Cl)c1. The first-order valence-electron chi connectivity index (χ1n) is 9.90. The monoisotopic (exact) mass is 438 g/mol. The zero-order valence-electron chi connectivity index (χ0n) is 17.0. The maximum absolute atomic E-state index is 13.2. The molecule has 5 unspecified atom stereocenters. The maximum atomic E-state index is 13.2. The largest absolute Gasteiger partial charge is 0.497 e. The predicted octanol–water partition coefficient (Wildman–Crippen LogP) is 5.53. The van der Waals surface area contributed by atoms with Crippen LogP contribution in [0.4, 0.5) is 0 Å². The third-order valence-corrected chi connectivity index (χ3v) is 7.37. The topological polar surface area (TPSA) is 63.0 Å². The molecule has 0 spiro atoms. The van der Waals surface area contributed by atoms with Crippen LogP contribution in [0.25, 0.3) is 0 Å². The van der Waals surface area contributed by atoms with E-state index in [-0.39, 0.29) is 29.3 Å². The Morgan fingerprint density at radius 2 is 2.03 bits per heavy atom. The molecule has 0 saturated carbocycles. The second kappa shape index (κ2) is 7.76. The van der Waals surface area contributed by atoms with Crippen LogP contribution < -0.4 is 4.74 Å². The first-order valence-corrected chi connectivity index (χ1v) is 10.7. The summed E-state index contributed by atoms with van der Waals surface area (Å²) in [4.78, 5) is 17.8. The van der Waals surface area contributed by atoms with Gasteiger partial charge in [0.05, 0.1) is 12.1 Å². The molecule has 1 aromatic carbocycles. The van der Waals surface area contributed by atoms with Crippen LogP contribution in [0.1, 0.15) is 36.9 Å². The standard InChI is InChI=1S/C23H21BCl2N2O2/c1-13-21-20(19-7-4-14(25)11-28-19)17(16-6-5-15(30-3)10-18(16)26)8-9-23(21,2)22(29)24(13)12-27/h4-11,13,17,20-21H,1-3H3. The van der Waals surface area contributed by atoms with Crippen molar-refractivity contribution in [2.75, 3.05) is 7.11 Å². The molecule has 0 bridgehead atoms. The van der Waals surface area contributed by atoms with Crippen LogP contribution >= 0.6 is 23.2 Å². The van der Waals surface area contributed by atoms with Crippen LogP contribution in [-0.4, -0.2) is 24.5 Å². The van der Waals surface area contributed by atoms with Gasteiger partial charge in [-0.2, -0.15) is 0 Å². The van der Waals surface area contributed by atoms with Crippen LogP contribution in [0, 0.1) is 22.6 Å². The van der Waals surface area contributed by atoms with Gasteiger partial charge in [-0.15, -0.1) is 0 Å². The average molecular weight is 439 g/mol. The van der Waals surface area contributed by atoms with Crippen molar-refractivity contribution in [3.8, 4) is 11.7 Å². The van der Waals surface area contributed by atoms with E-state index in [4.69, 9.17) is 27.9 Å². The highest BCUT2D eigenvalue weighted by atomic mass is 35.5. The number of halogens is 2. The highest BCUT2D eigenvalue weighted by Gasteiger charge is 2.62. The number of allylic oxidation sites excluding steroid dienone is 2. The lowest BCUT2D eigenvalue weighted by Crippen LogP contribution is -2.38. The van der Waals surface area contributed by atoms with Gasteiger partial charge in [-0.05, 0) is 48.5 Å². The molecule has 152 valence electrons. The predicted molar refractivity (Wildman–Crippen MR) is 119 cm³/mol. The Hall–Kier alpha value is -2.29. The molecular weight excluding hydrogens is 418 g/mol. The van der Waals surface area contributed by atoms with Gasteiger partial charge in [0.2, 0.25) is 0 Å². The summed E-state index contributed by atoms with van der Waals surface area (Å²) >= 11 is 12.7. The van der Waals surface area contributed by atoms with Gasteiger partial charge in [-0.1, -0.05) is 48.3 Å². The lowest BCUT2D eigenvalue weighted by atomic mass is 9.42. The van der Waals surface area contributed by atoms with Crippen molar-refractivity contribution in [1.82, 2.24) is 4.98 Å². The van der Waals surface area contributed by atoms with Gasteiger partial charge >= 0.3 is 6.71 Å². The first-order chi connectivity index (χ1) is 14.3. The molecule has 1 saturated heterocycles. The highest BCUT2D eigenvalue weighted by Crippen LogP contribution is 2.60. The summed E-state index contributed by atoms with van der Waals surface area (Å²) in [6.07, 6.45) is 5.66. The van der Waals surface area contributed by atoms with E-state index < -0.39 is 12.1 Å². The zero-order chi connectivity index (χ0) is 21.6. The Balaban J connectivity index is 1.91. The molecule has 1 aliphatic heterocycles. The number of ether oxygens (including phenoxy) is 1. The van der Waals surface area contributed by atoms with Crippen LogP contribution in [0.2, 0.25) is 15.9 Å². The fraction of sp³-hybridized carbons (Fsp3) is 0.348. The number of benzene rings is 1. The number of aromatic nitrogens is 1. The van der Waals surface area contributed by atoms with Crippen LogP contribution in [0.5, 0.6) is 5.75 Å². The van der Waals surface area contributed by atoms with Gasteiger partial charge in [0.15, 0.2) is 0 Å². The summed E-state index contributed by atoms with van der Waals surface area (Å²) in [7, 11) is 1.60. The summed E-state index contributed by atoms with van der Waals surface area (Å²) in [5.41, 5.74) is 1.05. The molecule has 4 rings (SSSR count). The molecule has 0 radical (unpaired) electrons. The smallest absolute Gasteiger partial charge is 0.348 e. The first kappa shape index (κ1) is 21.0. The van der Waals surface area contributed by atoms with Gasteiger partial charge in [0, 0.05) is 40.1 Å². The number of carbonyl (C=O) groups excluding carboxylic acids is 1. The lowest BCUT2D eigenvalue weighted by Gasteiger charge is -2.43. The molecule has 2 aromatic rings. The second-order valence-electron chi connectivity index (χ2n) is 8.34. The van der Waals surface area contributed by atoms with Crippen molar-refractivity contribution in [3.63, 3.8) is 0 Å². The van der Waals surface area contributed by atoms with E-state index in [1.54, 1.807) is 19.4 Å². The zero-order valence-corrected chi connectivity index (χ0v) is 18.5. The summed E-state index contributed by atoms with van der Waals surface area (Å²) < 4.78 is 5.30. The van der Waals surface area contributed by atoms with Crippen molar-refractivity contribution in [1.29, 1.82) is 5.26 Å². The molecule has 1 aromatic heterocycles. The van der Waals surface area contributed by atoms with E-state index >= 15 is 0 Å². The van der Waals surface area contributed by atoms with Gasteiger partial charge in [-0.25, -0.2) is 5.26 Å². The van der Waals surface area contributed by atoms with Crippen LogP contribution in [0.3, 0.4) is 0 Å². The maximum Gasteiger partial charge on any atom is 0.348 e. The fourth-order valence-corrected chi connectivity index (χ4v) is 5.77. The molecule has 2 heterocycles. The van der Waals surface area contributed by atoms with Crippen molar-refractivity contribution in [2.45, 2.75) is 31.5 Å². The van der Waals surface area contributed by atoms with Crippen LogP contribution in [0.15, 0.2) is 48.7 Å². The van der Waals surface area contributed by atoms with E-state index in [9.17, 15) is 10.1 Å². The molecule has 0 amide bonds. The minimum absolute atomic E-state index is 0.0167. The third kappa shape index (κ3) is 3.14. The van der Waals surface area contributed by atoms with Gasteiger partial charge in [0.1, 0.15) is 11.4 Å². The number of methoxy groups -OCH3 is 1. The second-order valence-corrected chi connectivity index (χ2v) is 9.18. The molecule has 5 atom stereocenters. The van der Waals surface area contributed by atoms with Gasteiger partial charge < -0.3 is 9.53 Å². The summed E-state index contributed by atoms with van der Waals surface area (Å²) in [5.74, 6) is 2.51. The lowest BCUT2D eigenvalue weighted by molar-refractivity contribution is -0.119. The minimum atomic E-state index is -0.721. The molecule has 7 heteroatoms. The fourth-order valence-electron chi connectivity index (χ4n) is 5.36. The van der Waals surface area contributed by atoms with Crippen molar-refractivity contribution >= 4 is 35.6 Å². The van der Waals surface area contributed by atoms with Crippen molar-refractivity contribution in [3.05, 3.63) is 70.0 Å². The van der Waals surface area contributed by atoms with Crippen molar-refractivity contribution in [2.24, 2.45) is 11.3 Å². The molecule has 1 aliphatic carbocycles. The number of rotatable bonds is 3. The molecule has 2 aliphatic rings. The average Bonchev–Trinajstić information content (AvgIpc) is 2.93. The van der Waals surface area contributed by atoms with Gasteiger partial charge in [-0.3, -0.25) is 4.98 Å². The summed E-state index contributed by atoms with van der Waals surface area (Å²) in [6, 6.07) is 9.37. The van der Waals surface area contributed by atoms with E-state index in [2.05, 4.69) is 17.0 Å². The Kier molecular flexibility index (Phi) is 5.42. The molecule has 30 heavy (non-hydrogen) atoms. The van der Waals surface area contributed by atoms with E-state index in [1.165, 1.54) is 0 Å². The number of carbonyl (C=O) groups is 1. The minimum Gasteiger partial charge on any atom is -0.497 e. The van der Waals surface area contributed by atoms with Crippen LogP contribution in [-0.2, 0) is 4.79 Å². The number of hydrogen-bond donors (Lipinski definition) is 0.